The third kappa shape index (κ3) is 2.01. The highest BCUT2D eigenvalue weighted by Gasteiger charge is 2.37. The van der Waals surface area contributed by atoms with E-state index in [9.17, 15) is 8.78 Å². The van der Waals surface area contributed by atoms with Gasteiger partial charge in [-0.3, -0.25) is 0 Å². The Morgan fingerprint density at radius 1 is 1.40 bits per heavy atom. The van der Waals surface area contributed by atoms with Crippen molar-refractivity contribution in [2.24, 2.45) is 0 Å². The summed E-state index contributed by atoms with van der Waals surface area (Å²) < 4.78 is 31.6. The van der Waals surface area contributed by atoms with E-state index in [1.807, 2.05) is 0 Å². The molecule has 1 aromatic rings. The third-order valence-corrected chi connectivity index (χ3v) is 2.85. The first kappa shape index (κ1) is 10.5. The molecular weight excluding hydrogens is 200 g/mol. The monoisotopic (exact) mass is 213 g/mol. The lowest BCUT2D eigenvalue weighted by Crippen LogP contribution is -2.62. The Bertz CT molecular complexity index is 358. The Hall–Kier alpha value is -1.00. The Balaban J connectivity index is 2.19. The van der Waals surface area contributed by atoms with Crippen LogP contribution in [-0.2, 0) is 11.2 Å². The molecule has 0 bridgehead atoms. The van der Waals surface area contributed by atoms with Crippen LogP contribution in [0.25, 0.3) is 0 Å². The van der Waals surface area contributed by atoms with Gasteiger partial charge >= 0.3 is 0 Å². The van der Waals surface area contributed by atoms with Crippen molar-refractivity contribution in [3.8, 4) is 0 Å². The number of halogens is 2. The van der Waals surface area contributed by atoms with E-state index in [0.29, 0.717) is 25.1 Å². The first-order chi connectivity index (χ1) is 7.15. The molecule has 82 valence electrons. The number of rotatable bonds is 3. The summed E-state index contributed by atoms with van der Waals surface area (Å²) in [6.45, 7) is 1.36. The van der Waals surface area contributed by atoms with Gasteiger partial charge in [0.1, 0.15) is 11.6 Å². The summed E-state index contributed by atoms with van der Waals surface area (Å²) in [5.41, 5.74) is 0.00704. The standard InChI is InChI=1S/C11H13F2NO/c1-15-11(6-14-7-11)5-8-4-9(12)2-3-10(8)13/h2-4,14H,5-7H2,1H3. The molecule has 1 aliphatic heterocycles. The molecule has 0 amide bonds. The Morgan fingerprint density at radius 3 is 2.67 bits per heavy atom. The number of hydrogen-bond donors (Lipinski definition) is 1. The molecular formula is C11H13F2NO. The van der Waals surface area contributed by atoms with Gasteiger partial charge < -0.3 is 10.1 Å². The summed E-state index contributed by atoms with van der Waals surface area (Å²) >= 11 is 0. The molecule has 0 unspecified atom stereocenters. The van der Waals surface area contributed by atoms with E-state index in [2.05, 4.69) is 5.32 Å². The highest BCUT2D eigenvalue weighted by Crippen LogP contribution is 2.23. The van der Waals surface area contributed by atoms with Gasteiger partial charge in [0.2, 0.25) is 0 Å². The van der Waals surface area contributed by atoms with Crippen molar-refractivity contribution in [1.29, 1.82) is 0 Å². The lowest BCUT2D eigenvalue weighted by atomic mass is 9.88. The van der Waals surface area contributed by atoms with Crippen molar-refractivity contribution in [2.75, 3.05) is 20.2 Å². The van der Waals surface area contributed by atoms with E-state index in [0.717, 1.165) is 12.1 Å². The third-order valence-electron chi connectivity index (χ3n) is 2.85. The zero-order valence-corrected chi connectivity index (χ0v) is 8.52. The molecule has 0 spiro atoms. The molecule has 2 nitrogen and oxygen atoms in total. The van der Waals surface area contributed by atoms with Crippen molar-refractivity contribution in [3.05, 3.63) is 35.4 Å². The fraction of sp³-hybridized carbons (Fsp3) is 0.455. The zero-order valence-electron chi connectivity index (χ0n) is 8.52. The Morgan fingerprint density at radius 2 is 2.13 bits per heavy atom. The molecule has 1 N–H and O–H groups in total. The van der Waals surface area contributed by atoms with Crippen LogP contribution in [0.15, 0.2) is 18.2 Å². The number of methoxy groups -OCH3 is 1. The van der Waals surface area contributed by atoms with Crippen molar-refractivity contribution in [2.45, 2.75) is 12.0 Å². The molecule has 0 atom stereocenters. The van der Waals surface area contributed by atoms with Gasteiger partial charge in [-0.25, -0.2) is 8.78 Å². The summed E-state index contributed by atoms with van der Waals surface area (Å²) in [7, 11) is 1.60. The van der Waals surface area contributed by atoms with Gasteiger partial charge in [-0.2, -0.15) is 0 Å². The van der Waals surface area contributed by atoms with Gasteiger partial charge in [0.15, 0.2) is 0 Å². The molecule has 0 aliphatic carbocycles. The molecule has 2 rings (SSSR count). The van der Waals surface area contributed by atoms with Gasteiger partial charge in [-0.05, 0) is 23.8 Å². The number of nitrogens with one attached hydrogen (secondary N) is 1. The average molecular weight is 213 g/mol. The van der Waals surface area contributed by atoms with Crippen molar-refractivity contribution >= 4 is 0 Å². The minimum absolute atomic E-state index is 0.366. The van der Waals surface area contributed by atoms with E-state index < -0.39 is 5.82 Å². The molecule has 1 heterocycles. The molecule has 0 saturated carbocycles. The van der Waals surface area contributed by atoms with Gasteiger partial charge in [-0.15, -0.1) is 0 Å². The predicted molar refractivity (Wildman–Crippen MR) is 52.7 cm³/mol. The maximum atomic E-state index is 13.4. The maximum Gasteiger partial charge on any atom is 0.126 e. The van der Waals surface area contributed by atoms with E-state index >= 15 is 0 Å². The lowest BCUT2D eigenvalue weighted by molar-refractivity contribution is -0.0507. The largest absolute Gasteiger partial charge is 0.375 e. The SMILES string of the molecule is COC1(Cc2cc(F)ccc2F)CNC1. The summed E-state index contributed by atoms with van der Waals surface area (Å²) in [5.74, 6) is -0.787. The molecule has 0 aromatic heterocycles. The second-order valence-corrected chi connectivity index (χ2v) is 3.90. The molecule has 0 radical (unpaired) electrons. The molecule has 15 heavy (non-hydrogen) atoms. The van der Waals surface area contributed by atoms with Crippen LogP contribution >= 0.6 is 0 Å². The maximum absolute atomic E-state index is 13.4. The van der Waals surface area contributed by atoms with Crippen molar-refractivity contribution < 1.29 is 13.5 Å². The van der Waals surface area contributed by atoms with E-state index in [1.54, 1.807) is 7.11 Å². The van der Waals surface area contributed by atoms with Crippen LogP contribution in [0.4, 0.5) is 8.78 Å². The van der Waals surface area contributed by atoms with Crippen LogP contribution in [0.2, 0.25) is 0 Å². The zero-order chi connectivity index (χ0) is 10.9. The predicted octanol–water partition coefficient (Wildman–Crippen LogP) is 1.50. The van der Waals surface area contributed by atoms with Crippen LogP contribution in [0.1, 0.15) is 5.56 Å². The van der Waals surface area contributed by atoms with Crippen LogP contribution in [0.5, 0.6) is 0 Å². The quantitative estimate of drug-likeness (QED) is 0.821. The van der Waals surface area contributed by atoms with Crippen LogP contribution in [0.3, 0.4) is 0 Å². The molecule has 1 saturated heterocycles. The highest BCUT2D eigenvalue weighted by molar-refractivity contribution is 5.22. The molecule has 1 aromatic carbocycles. The average Bonchev–Trinajstić information content (AvgIpc) is 2.17. The van der Waals surface area contributed by atoms with Gasteiger partial charge in [-0.1, -0.05) is 0 Å². The molecule has 1 fully saturated rings. The van der Waals surface area contributed by atoms with Gasteiger partial charge in [0.25, 0.3) is 0 Å². The van der Waals surface area contributed by atoms with Crippen molar-refractivity contribution in [3.63, 3.8) is 0 Å². The van der Waals surface area contributed by atoms with Crippen LogP contribution < -0.4 is 5.32 Å². The summed E-state index contributed by atoms with van der Waals surface area (Å²) in [4.78, 5) is 0. The molecule has 4 heteroatoms. The lowest BCUT2D eigenvalue weighted by Gasteiger charge is -2.41. The van der Waals surface area contributed by atoms with Crippen LogP contribution in [0, 0.1) is 11.6 Å². The minimum atomic E-state index is -0.412. The van der Waals surface area contributed by atoms with Crippen LogP contribution in [-0.4, -0.2) is 25.8 Å². The van der Waals surface area contributed by atoms with E-state index in [4.69, 9.17) is 4.74 Å². The smallest absolute Gasteiger partial charge is 0.126 e. The first-order valence-electron chi connectivity index (χ1n) is 4.85. The van der Waals surface area contributed by atoms with E-state index in [-0.39, 0.29) is 11.4 Å². The highest BCUT2D eigenvalue weighted by atomic mass is 19.1. The fourth-order valence-corrected chi connectivity index (χ4v) is 1.77. The second kappa shape index (κ2) is 3.87. The number of ether oxygens (including phenoxy) is 1. The number of hydrogen-bond acceptors (Lipinski definition) is 2. The van der Waals surface area contributed by atoms with Crippen molar-refractivity contribution in [1.82, 2.24) is 5.32 Å². The van der Waals surface area contributed by atoms with Gasteiger partial charge in [0.05, 0.1) is 5.60 Å². The summed E-state index contributed by atoms with van der Waals surface area (Å²) in [6.07, 6.45) is 0.403. The normalized spacial score (nSPS) is 18.6. The second-order valence-electron chi connectivity index (χ2n) is 3.90. The Kier molecular flexibility index (Phi) is 2.71. The first-order valence-corrected chi connectivity index (χ1v) is 4.85. The summed E-state index contributed by atoms with van der Waals surface area (Å²) in [5, 5.41) is 3.07. The summed E-state index contributed by atoms with van der Waals surface area (Å²) in [6, 6.07) is 3.51. The Labute approximate surface area is 87.2 Å². The fourth-order valence-electron chi connectivity index (χ4n) is 1.77. The number of benzene rings is 1. The molecule has 1 aliphatic rings. The van der Waals surface area contributed by atoms with Gasteiger partial charge in [0, 0.05) is 26.6 Å². The minimum Gasteiger partial charge on any atom is -0.375 e. The van der Waals surface area contributed by atoms with E-state index in [1.165, 1.54) is 6.07 Å². The topological polar surface area (TPSA) is 21.3 Å².